The molecule has 1 aromatic carbocycles. The van der Waals surface area contributed by atoms with E-state index in [-0.39, 0.29) is 10.8 Å². The van der Waals surface area contributed by atoms with E-state index in [9.17, 15) is 8.42 Å². The molecule has 0 radical (unpaired) electrons. The van der Waals surface area contributed by atoms with Gasteiger partial charge in [-0.05, 0) is 25.1 Å². The summed E-state index contributed by atoms with van der Waals surface area (Å²) in [6.07, 6.45) is 0.920. The number of hydrogen-bond acceptors (Lipinski definition) is 4. The highest BCUT2D eigenvalue weighted by atomic mass is 32.2. The molecule has 1 fully saturated rings. The van der Waals surface area contributed by atoms with E-state index in [1.165, 1.54) is 0 Å². The van der Waals surface area contributed by atoms with Gasteiger partial charge in [0.2, 0.25) is 0 Å². The van der Waals surface area contributed by atoms with Gasteiger partial charge < -0.3 is 10.6 Å². The lowest BCUT2D eigenvalue weighted by Crippen LogP contribution is -2.29. The van der Waals surface area contributed by atoms with Crippen molar-refractivity contribution in [2.45, 2.75) is 11.3 Å². The minimum absolute atomic E-state index is 0.165. The standard InChI is InChI=1S/C11H13N3O2S/c15-17(16)10-4-2-1-3-9(10)13-11(14-17)8-5-6-12-7-8/h1-4,8,12H,5-7H2,(H,13,14)/t8-/m1/s1. The molecule has 0 spiro atoms. The third kappa shape index (κ3) is 1.83. The van der Waals surface area contributed by atoms with Crippen LogP contribution in [0.15, 0.2) is 33.6 Å². The lowest BCUT2D eigenvalue weighted by atomic mass is 10.1. The van der Waals surface area contributed by atoms with Crippen molar-refractivity contribution in [3.8, 4) is 0 Å². The zero-order valence-corrected chi connectivity index (χ0v) is 10.00. The Kier molecular flexibility index (Phi) is 2.41. The molecule has 5 nitrogen and oxygen atoms in total. The third-order valence-corrected chi connectivity index (χ3v) is 4.44. The Balaban J connectivity index is 2.04. The molecule has 2 N–H and O–H groups in total. The average molecular weight is 251 g/mol. The zero-order valence-electron chi connectivity index (χ0n) is 9.18. The number of sulfonamides is 1. The van der Waals surface area contributed by atoms with Gasteiger partial charge in [-0.3, -0.25) is 0 Å². The summed E-state index contributed by atoms with van der Waals surface area (Å²) in [7, 11) is -3.53. The molecule has 1 aromatic rings. The van der Waals surface area contributed by atoms with E-state index in [0.29, 0.717) is 11.5 Å². The molecule has 2 aliphatic rings. The first kappa shape index (κ1) is 10.7. The van der Waals surface area contributed by atoms with E-state index >= 15 is 0 Å². The van der Waals surface area contributed by atoms with Gasteiger partial charge in [0.25, 0.3) is 10.0 Å². The lowest BCUT2D eigenvalue weighted by molar-refractivity contribution is 0.596. The number of nitrogens with one attached hydrogen (secondary N) is 2. The topological polar surface area (TPSA) is 70.6 Å². The van der Waals surface area contributed by atoms with E-state index in [4.69, 9.17) is 0 Å². The molecular formula is C11H13N3O2S. The van der Waals surface area contributed by atoms with Gasteiger partial charge in [0.15, 0.2) is 0 Å². The van der Waals surface area contributed by atoms with Crippen LogP contribution in [-0.2, 0) is 10.0 Å². The molecule has 6 heteroatoms. The normalized spacial score (nSPS) is 25.9. The molecule has 1 saturated heterocycles. The minimum atomic E-state index is -3.53. The molecule has 0 unspecified atom stereocenters. The second-order valence-electron chi connectivity index (χ2n) is 4.26. The van der Waals surface area contributed by atoms with Crippen LogP contribution >= 0.6 is 0 Å². The number of nitrogens with zero attached hydrogens (tertiary/aromatic N) is 1. The van der Waals surface area contributed by atoms with Crippen LogP contribution < -0.4 is 10.6 Å². The Morgan fingerprint density at radius 1 is 1.29 bits per heavy atom. The van der Waals surface area contributed by atoms with Crippen LogP contribution in [0.1, 0.15) is 6.42 Å². The molecule has 0 aromatic heterocycles. The number of anilines is 1. The lowest BCUT2D eigenvalue weighted by Gasteiger charge is -2.21. The van der Waals surface area contributed by atoms with Crippen molar-refractivity contribution in [3.05, 3.63) is 24.3 Å². The molecule has 0 aliphatic carbocycles. The van der Waals surface area contributed by atoms with Crippen LogP contribution in [0.25, 0.3) is 0 Å². The van der Waals surface area contributed by atoms with E-state index in [2.05, 4.69) is 15.0 Å². The number of para-hydroxylation sites is 1. The van der Waals surface area contributed by atoms with Gasteiger partial charge in [0, 0.05) is 12.5 Å². The Morgan fingerprint density at radius 3 is 2.88 bits per heavy atom. The number of fused-ring (bicyclic) bond motifs is 1. The summed E-state index contributed by atoms with van der Waals surface area (Å²) < 4.78 is 27.9. The van der Waals surface area contributed by atoms with Crippen molar-refractivity contribution in [3.63, 3.8) is 0 Å². The van der Waals surface area contributed by atoms with Gasteiger partial charge in [0.05, 0.1) is 5.69 Å². The molecule has 2 aliphatic heterocycles. The second-order valence-corrected chi connectivity index (χ2v) is 5.84. The van der Waals surface area contributed by atoms with Crippen molar-refractivity contribution in [1.82, 2.24) is 5.32 Å². The van der Waals surface area contributed by atoms with Gasteiger partial charge in [-0.15, -0.1) is 4.40 Å². The molecule has 3 rings (SSSR count). The Hall–Kier alpha value is -1.40. The highest BCUT2D eigenvalue weighted by Gasteiger charge is 2.29. The molecule has 90 valence electrons. The quantitative estimate of drug-likeness (QED) is 0.775. The second kappa shape index (κ2) is 3.82. The van der Waals surface area contributed by atoms with Crippen molar-refractivity contribution >= 4 is 21.5 Å². The van der Waals surface area contributed by atoms with Crippen molar-refractivity contribution in [2.75, 3.05) is 18.4 Å². The summed E-state index contributed by atoms with van der Waals surface area (Å²) in [5.74, 6) is 0.729. The third-order valence-electron chi connectivity index (χ3n) is 3.09. The Labute approximate surface area is 100 Å². The predicted octanol–water partition coefficient (Wildman–Crippen LogP) is 0.809. The summed E-state index contributed by atoms with van der Waals surface area (Å²) in [5.41, 5.74) is 0.629. The summed E-state index contributed by atoms with van der Waals surface area (Å²) in [4.78, 5) is 0.259. The first-order valence-corrected chi connectivity index (χ1v) is 7.02. The maximum Gasteiger partial charge on any atom is 0.286 e. The average Bonchev–Trinajstić information content (AvgIpc) is 2.81. The number of hydrogen-bond donors (Lipinski definition) is 2. The monoisotopic (exact) mass is 251 g/mol. The minimum Gasteiger partial charge on any atom is -0.342 e. The predicted molar refractivity (Wildman–Crippen MR) is 65.7 cm³/mol. The van der Waals surface area contributed by atoms with Gasteiger partial charge in [-0.2, -0.15) is 8.42 Å². The molecule has 1 atom stereocenters. The van der Waals surface area contributed by atoms with E-state index in [1.54, 1.807) is 18.2 Å². The van der Waals surface area contributed by atoms with Crippen LogP contribution in [-0.4, -0.2) is 27.3 Å². The zero-order chi connectivity index (χ0) is 11.9. The molecular weight excluding hydrogens is 238 g/mol. The Bertz CT molecular complexity index is 574. The van der Waals surface area contributed by atoms with E-state index < -0.39 is 10.0 Å². The Morgan fingerprint density at radius 2 is 2.12 bits per heavy atom. The number of benzene rings is 1. The largest absolute Gasteiger partial charge is 0.342 e. The van der Waals surface area contributed by atoms with Crippen LogP contribution in [0.3, 0.4) is 0 Å². The summed E-state index contributed by atoms with van der Waals surface area (Å²) >= 11 is 0. The highest BCUT2D eigenvalue weighted by molar-refractivity contribution is 7.90. The fourth-order valence-corrected chi connectivity index (χ4v) is 3.40. The maximum atomic E-state index is 12.0. The summed E-state index contributed by atoms with van der Waals surface area (Å²) in [6, 6.07) is 6.86. The highest BCUT2D eigenvalue weighted by Crippen LogP contribution is 2.28. The fourth-order valence-electron chi connectivity index (χ4n) is 2.20. The van der Waals surface area contributed by atoms with E-state index in [1.807, 2.05) is 6.07 Å². The fraction of sp³-hybridized carbons (Fsp3) is 0.364. The van der Waals surface area contributed by atoms with Crippen LogP contribution in [0, 0.1) is 5.92 Å². The van der Waals surface area contributed by atoms with Gasteiger partial charge >= 0.3 is 0 Å². The SMILES string of the molecule is O=S1(=O)N=C([C@@H]2CCNC2)Nc2ccccc21. The molecule has 2 heterocycles. The van der Waals surface area contributed by atoms with Gasteiger partial charge in [-0.1, -0.05) is 12.1 Å². The molecule has 17 heavy (non-hydrogen) atoms. The summed E-state index contributed by atoms with van der Waals surface area (Å²) in [5, 5.41) is 6.33. The molecule has 0 bridgehead atoms. The van der Waals surface area contributed by atoms with Crippen LogP contribution in [0.4, 0.5) is 5.69 Å². The summed E-state index contributed by atoms with van der Waals surface area (Å²) in [6.45, 7) is 1.69. The number of rotatable bonds is 1. The first-order valence-electron chi connectivity index (χ1n) is 5.58. The van der Waals surface area contributed by atoms with Crippen LogP contribution in [0.5, 0.6) is 0 Å². The van der Waals surface area contributed by atoms with Gasteiger partial charge in [-0.25, -0.2) is 0 Å². The first-order chi connectivity index (χ1) is 8.17. The van der Waals surface area contributed by atoms with E-state index in [0.717, 1.165) is 19.5 Å². The van der Waals surface area contributed by atoms with Crippen molar-refractivity contribution in [1.29, 1.82) is 0 Å². The van der Waals surface area contributed by atoms with Gasteiger partial charge in [0.1, 0.15) is 10.7 Å². The van der Waals surface area contributed by atoms with Crippen molar-refractivity contribution in [2.24, 2.45) is 10.3 Å². The molecule has 0 amide bonds. The maximum absolute atomic E-state index is 12.0. The van der Waals surface area contributed by atoms with Crippen LogP contribution in [0.2, 0.25) is 0 Å². The number of amidine groups is 1. The smallest absolute Gasteiger partial charge is 0.286 e. The molecule has 0 saturated carbocycles. The van der Waals surface area contributed by atoms with Crippen molar-refractivity contribution < 1.29 is 8.42 Å².